The molecule has 0 atom stereocenters. The van der Waals surface area contributed by atoms with E-state index in [4.69, 9.17) is 19.6 Å². The first-order valence-electron chi connectivity index (χ1n) is 4.77. The predicted octanol–water partition coefficient (Wildman–Crippen LogP) is 1.42. The van der Waals surface area contributed by atoms with Crippen LogP contribution in [0.2, 0.25) is 0 Å². The Morgan fingerprint density at radius 3 is 1.79 bits per heavy atom. The smallest absolute Gasteiger partial charge is 0.202 e. The molecular formula is C8H14O6. The third kappa shape index (κ3) is 2.63. The fraction of sp³-hybridized carbons (Fsp3) is 1.00. The molecule has 6 nitrogen and oxygen atoms in total. The van der Waals surface area contributed by atoms with Crippen molar-refractivity contribution in [1.29, 1.82) is 0 Å². The Bertz CT molecular complexity index is 155. The second kappa shape index (κ2) is 5.01. The Kier molecular flexibility index (Phi) is 3.68. The minimum atomic E-state index is -0.782. The van der Waals surface area contributed by atoms with E-state index in [-0.39, 0.29) is 13.6 Å². The molecule has 2 aliphatic rings. The summed E-state index contributed by atoms with van der Waals surface area (Å²) in [6, 6.07) is 0. The number of hydrogen-bond acceptors (Lipinski definition) is 6. The summed E-state index contributed by atoms with van der Waals surface area (Å²) in [4.78, 5) is 28.9. The van der Waals surface area contributed by atoms with E-state index in [1.807, 2.05) is 0 Å². The maximum atomic E-state index is 5.14. The van der Waals surface area contributed by atoms with Gasteiger partial charge in [0.05, 0.1) is 0 Å². The molecule has 0 unspecified atom stereocenters. The molecule has 0 aromatic carbocycles. The molecule has 1 heterocycles. The lowest BCUT2D eigenvalue weighted by atomic mass is 9.94. The third-order valence-electron chi connectivity index (χ3n) is 2.31. The second-order valence-corrected chi connectivity index (χ2v) is 3.35. The summed E-state index contributed by atoms with van der Waals surface area (Å²) in [6.07, 6.45) is 4.77. The van der Waals surface area contributed by atoms with Gasteiger partial charge in [0.25, 0.3) is 0 Å². The van der Waals surface area contributed by atoms with Crippen LogP contribution in [0.25, 0.3) is 0 Å². The molecule has 14 heavy (non-hydrogen) atoms. The third-order valence-corrected chi connectivity index (χ3v) is 2.31. The molecule has 0 bridgehead atoms. The standard InChI is InChI=1S/C8H14O6/c1-2-4-8(5-3-1)13-11-6-9-10-7-12-14-8/h1-7H2. The Morgan fingerprint density at radius 2 is 1.21 bits per heavy atom. The van der Waals surface area contributed by atoms with Crippen molar-refractivity contribution in [2.45, 2.75) is 37.9 Å². The molecule has 82 valence electrons. The minimum absolute atomic E-state index is 0.0888. The van der Waals surface area contributed by atoms with E-state index in [0.29, 0.717) is 0 Å². The summed E-state index contributed by atoms with van der Waals surface area (Å²) in [5, 5.41) is 0. The lowest BCUT2D eigenvalue weighted by molar-refractivity contribution is -0.517. The predicted molar refractivity (Wildman–Crippen MR) is 42.1 cm³/mol. The molecule has 1 saturated heterocycles. The average molecular weight is 206 g/mol. The summed E-state index contributed by atoms with van der Waals surface area (Å²) in [5.74, 6) is -0.782. The molecule has 1 spiro atoms. The van der Waals surface area contributed by atoms with Crippen LogP contribution in [-0.4, -0.2) is 19.4 Å². The van der Waals surface area contributed by atoms with Gasteiger partial charge in [-0.1, -0.05) is 6.42 Å². The highest BCUT2D eigenvalue weighted by Crippen LogP contribution is 2.33. The van der Waals surface area contributed by atoms with Crippen LogP contribution < -0.4 is 0 Å². The molecule has 1 aliphatic carbocycles. The first-order chi connectivity index (χ1) is 6.91. The van der Waals surface area contributed by atoms with Gasteiger partial charge in [-0.25, -0.2) is 19.6 Å². The van der Waals surface area contributed by atoms with E-state index in [2.05, 4.69) is 9.78 Å². The van der Waals surface area contributed by atoms with Gasteiger partial charge in [0, 0.05) is 12.8 Å². The Morgan fingerprint density at radius 1 is 0.643 bits per heavy atom. The normalized spacial score (nSPS) is 29.1. The van der Waals surface area contributed by atoms with Crippen molar-refractivity contribution in [3.05, 3.63) is 0 Å². The zero-order valence-electron chi connectivity index (χ0n) is 7.90. The van der Waals surface area contributed by atoms with Crippen molar-refractivity contribution in [2.75, 3.05) is 13.6 Å². The highest BCUT2D eigenvalue weighted by atomic mass is 17.4. The van der Waals surface area contributed by atoms with Crippen molar-refractivity contribution in [3.63, 3.8) is 0 Å². The van der Waals surface area contributed by atoms with E-state index < -0.39 is 5.79 Å². The van der Waals surface area contributed by atoms with Crippen LogP contribution >= 0.6 is 0 Å². The zero-order valence-corrected chi connectivity index (χ0v) is 7.90. The topological polar surface area (TPSA) is 55.4 Å². The molecule has 0 amide bonds. The van der Waals surface area contributed by atoms with E-state index in [1.165, 1.54) is 6.42 Å². The largest absolute Gasteiger partial charge is 0.234 e. The average Bonchev–Trinajstić information content (AvgIpc) is 2.33. The van der Waals surface area contributed by atoms with E-state index in [0.717, 1.165) is 25.7 Å². The van der Waals surface area contributed by atoms with Crippen LogP contribution in [0.1, 0.15) is 32.1 Å². The van der Waals surface area contributed by atoms with Gasteiger partial charge in [-0.05, 0) is 12.8 Å². The van der Waals surface area contributed by atoms with Crippen molar-refractivity contribution in [1.82, 2.24) is 0 Å². The van der Waals surface area contributed by atoms with Crippen LogP contribution in [-0.2, 0) is 29.3 Å². The molecule has 2 rings (SSSR count). The molecule has 1 aliphatic heterocycles. The van der Waals surface area contributed by atoms with Crippen LogP contribution in [0.4, 0.5) is 0 Å². The van der Waals surface area contributed by atoms with Gasteiger partial charge in [0.1, 0.15) is 0 Å². The quantitative estimate of drug-likeness (QED) is 0.559. The van der Waals surface area contributed by atoms with Gasteiger partial charge < -0.3 is 0 Å². The molecule has 1 saturated carbocycles. The van der Waals surface area contributed by atoms with Crippen molar-refractivity contribution in [2.24, 2.45) is 0 Å². The Balaban J connectivity index is 1.91. The second-order valence-electron chi connectivity index (χ2n) is 3.35. The minimum Gasteiger partial charge on any atom is -0.202 e. The molecule has 0 N–H and O–H groups in total. The van der Waals surface area contributed by atoms with Crippen molar-refractivity contribution >= 4 is 0 Å². The van der Waals surface area contributed by atoms with Gasteiger partial charge in [0.15, 0.2) is 0 Å². The monoisotopic (exact) mass is 206 g/mol. The van der Waals surface area contributed by atoms with Crippen LogP contribution in [0.5, 0.6) is 0 Å². The number of rotatable bonds is 0. The van der Waals surface area contributed by atoms with Crippen LogP contribution in [0, 0.1) is 0 Å². The molecular weight excluding hydrogens is 192 g/mol. The van der Waals surface area contributed by atoms with Gasteiger partial charge in [0.2, 0.25) is 19.4 Å². The fourth-order valence-electron chi connectivity index (χ4n) is 1.64. The zero-order chi connectivity index (χ0) is 9.69. The molecule has 0 aromatic heterocycles. The summed E-state index contributed by atoms with van der Waals surface area (Å²) < 4.78 is 0. The van der Waals surface area contributed by atoms with Gasteiger partial charge in [-0.15, -0.1) is 0 Å². The first-order valence-corrected chi connectivity index (χ1v) is 4.77. The van der Waals surface area contributed by atoms with Crippen LogP contribution in [0.15, 0.2) is 0 Å². The molecule has 0 aromatic rings. The maximum absolute atomic E-state index is 5.14. The SMILES string of the molecule is C1CCC2(CC1)OOCOOCOO2. The Hall–Kier alpha value is -0.240. The molecule has 2 fully saturated rings. The van der Waals surface area contributed by atoms with Crippen LogP contribution in [0.3, 0.4) is 0 Å². The summed E-state index contributed by atoms with van der Waals surface area (Å²) in [6.45, 7) is -0.178. The lowest BCUT2D eigenvalue weighted by Crippen LogP contribution is -2.38. The van der Waals surface area contributed by atoms with E-state index in [9.17, 15) is 0 Å². The fourth-order valence-corrected chi connectivity index (χ4v) is 1.64. The highest BCUT2D eigenvalue weighted by molar-refractivity contribution is 4.72. The lowest BCUT2D eigenvalue weighted by Gasteiger charge is -2.32. The van der Waals surface area contributed by atoms with E-state index in [1.54, 1.807) is 0 Å². The summed E-state index contributed by atoms with van der Waals surface area (Å²) in [5.41, 5.74) is 0. The molecule has 0 radical (unpaired) electrons. The Labute approximate surface area is 81.8 Å². The van der Waals surface area contributed by atoms with Crippen molar-refractivity contribution in [3.8, 4) is 0 Å². The molecule has 6 heteroatoms. The first kappa shape index (κ1) is 10.3. The maximum Gasteiger partial charge on any atom is 0.234 e. The van der Waals surface area contributed by atoms with Gasteiger partial charge in [-0.3, -0.25) is 0 Å². The summed E-state index contributed by atoms with van der Waals surface area (Å²) >= 11 is 0. The highest BCUT2D eigenvalue weighted by Gasteiger charge is 2.38. The van der Waals surface area contributed by atoms with Gasteiger partial charge in [-0.2, -0.15) is 9.78 Å². The van der Waals surface area contributed by atoms with Gasteiger partial charge >= 0.3 is 0 Å². The van der Waals surface area contributed by atoms with E-state index >= 15 is 0 Å². The van der Waals surface area contributed by atoms with Crippen molar-refractivity contribution < 1.29 is 29.3 Å². The summed E-state index contributed by atoms with van der Waals surface area (Å²) in [7, 11) is 0. The number of hydrogen-bond donors (Lipinski definition) is 0.